The van der Waals surface area contributed by atoms with Gasteiger partial charge in [-0.1, -0.05) is 24.3 Å². The van der Waals surface area contributed by atoms with Gasteiger partial charge in [0.25, 0.3) is 5.91 Å². The summed E-state index contributed by atoms with van der Waals surface area (Å²) in [6.07, 6.45) is 1.81. The van der Waals surface area contributed by atoms with E-state index in [1.54, 1.807) is 0 Å². The monoisotopic (exact) mass is 421 g/mol. The molecule has 1 amide bonds. The van der Waals surface area contributed by atoms with Gasteiger partial charge in [0, 0.05) is 44.0 Å². The van der Waals surface area contributed by atoms with Gasteiger partial charge in [0.05, 0.1) is 22.7 Å². The topological polar surface area (TPSA) is 65.2 Å². The molecule has 0 atom stereocenters. The number of piperazine rings is 1. The Morgan fingerprint density at radius 1 is 0.906 bits per heavy atom. The predicted molar refractivity (Wildman–Crippen MR) is 123 cm³/mol. The van der Waals surface area contributed by atoms with Gasteiger partial charge in [-0.05, 0) is 54.1 Å². The maximum absolute atomic E-state index is 13.0. The number of imidazole rings is 1. The van der Waals surface area contributed by atoms with Crippen molar-refractivity contribution in [3.05, 3.63) is 95.8 Å². The molecule has 1 aliphatic heterocycles. The third-order valence-corrected chi connectivity index (χ3v) is 5.99. The number of nitriles is 1. The number of carbonyl (C=O) groups excluding carboxylic acids is 1. The lowest BCUT2D eigenvalue weighted by Gasteiger charge is -2.34. The van der Waals surface area contributed by atoms with Crippen molar-refractivity contribution in [1.29, 1.82) is 5.26 Å². The van der Waals surface area contributed by atoms with Gasteiger partial charge in [-0.3, -0.25) is 14.3 Å². The Kier molecular flexibility index (Phi) is 5.40. The van der Waals surface area contributed by atoms with Gasteiger partial charge in [0.15, 0.2) is 0 Å². The van der Waals surface area contributed by atoms with E-state index in [-0.39, 0.29) is 5.91 Å². The molecular formula is C26H23N5O. The Labute approximate surface area is 186 Å². The minimum absolute atomic E-state index is 0.0741. The number of aromatic nitrogens is 2. The fourth-order valence-corrected chi connectivity index (χ4v) is 4.16. The largest absolute Gasteiger partial charge is 0.336 e. The molecule has 0 spiro atoms. The van der Waals surface area contributed by atoms with Crippen LogP contribution in [0.15, 0.2) is 79.1 Å². The highest BCUT2D eigenvalue weighted by molar-refractivity contribution is 5.94. The van der Waals surface area contributed by atoms with Gasteiger partial charge in [-0.25, -0.2) is 4.98 Å². The average molecular weight is 422 g/mol. The van der Waals surface area contributed by atoms with Gasteiger partial charge in [-0.15, -0.1) is 0 Å². The summed E-state index contributed by atoms with van der Waals surface area (Å²) in [7, 11) is 0. The molecule has 0 bridgehead atoms. The highest BCUT2D eigenvalue weighted by Gasteiger charge is 2.22. The minimum Gasteiger partial charge on any atom is -0.336 e. The molecule has 1 aromatic heterocycles. The zero-order chi connectivity index (χ0) is 21.9. The van der Waals surface area contributed by atoms with E-state index in [1.165, 1.54) is 5.56 Å². The maximum Gasteiger partial charge on any atom is 0.253 e. The van der Waals surface area contributed by atoms with E-state index >= 15 is 0 Å². The lowest BCUT2D eigenvalue weighted by molar-refractivity contribution is 0.0628. The summed E-state index contributed by atoms with van der Waals surface area (Å²) < 4.78 is 2.03. The highest BCUT2D eigenvalue weighted by atomic mass is 16.2. The molecule has 3 aromatic carbocycles. The average Bonchev–Trinajstić information content (AvgIpc) is 3.29. The van der Waals surface area contributed by atoms with Crippen molar-refractivity contribution in [1.82, 2.24) is 19.4 Å². The van der Waals surface area contributed by atoms with Crippen molar-refractivity contribution in [2.75, 3.05) is 26.2 Å². The standard InChI is InChI=1S/C26H23N5O/c27-17-20-5-7-21(8-6-20)18-29-13-15-30(16-14-29)26(32)22-9-11-23(12-10-22)31-19-28-24-3-1-2-4-25(24)31/h1-12,19H,13-16,18H2. The summed E-state index contributed by atoms with van der Waals surface area (Å²) in [5.41, 5.74) is 5.56. The minimum atomic E-state index is 0.0741. The summed E-state index contributed by atoms with van der Waals surface area (Å²) in [6.45, 7) is 3.93. The Morgan fingerprint density at radius 3 is 2.34 bits per heavy atom. The van der Waals surface area contributed by atoms with E-state index in [4.69, 9.17) is 5.26 Å². The second-order valence-electron chi connectivity index (χ2n) is 8.03. The number of nitrogens with zero attached hydrogens (tertiary/aromatic N) is 5. The molecule has 6 nitrogen and oxygen atoms in total. The van der Waals surface area contributed by atoms with Crippen LogP contribution in [0.25, 0.3) is 16.7 Å². The summed E-state index contributed by atoms with van der Waals surface area (Å²) in [5.74, 6) is 0.0741. The number of hydrogen-bond donors (Lipinski definition) is 0. The van der Waals surface area contributed by atoms with Crippen molar-refractivity contribution < 1.29 is 4.79 Å². The summed E-state index contributed by atoms with van der Waals surface area (Å²) in [6, 6.07) is 25.6. The molecule has 1 aliphatic rings. The van der Waals surface area contributed by atoms with E-state index in [0.717, 1.165) is 36.4 Å². The van der Waals surface area contributed by atoms with Gasteiger partial charge in [-0.2, -0.15) is 5.26 Å². The molecule has 0 N–H and O–H groups in total. The number of amides is 1. The smallest absolute Gasteiger partial charge is 0.253 e. The van der Waals surface area contributed by atoms with Crippen LogP contribution in [0.1, 0.15) is 21.5 Å². The lowest BCUT2D eigenvalue weighted by atomic mass is 10.1. The zero-order valence-corrected chi connectivity index (χ0v) is 17.7. The van der Waals surface area contributed by atoms with Crippen LogP contribution in [0.4, 0.5) is 0 Å². The van der Waals surface area contributed by atoms with Crippen LogP contribution >= 0.6 is 0 Å². The number of benzene rings is 3. The molecule has 158 valence electrons. The number of hydrogen-bond acceptors (Lipinski definition) is 4. The van der Waals surface area contributed by atoms with E-state index in [9.17, 15) is 4.79 Å². The Bertz CT molecular complexity index is 1280. The lowest BCUT2D eigenvalue weighted by Crippen LogP contribution is -2.48. The first-order valence-corrected chi connectivity index (χ1v) is 10.7. The first-order chi connectivity index (χ1) is 15.7. The van der Waals surface area contributed by atoms with Gasteiger partial charge < -0.3 is 4.90 Å². The molecular weight excluding hydrogens is 398 g/mol. The van der Waals surface area contributed by atoms with Crippen LogP contribution < -0.4 is 0 Å². The summed E-state index contributed by atoms with van der Waals surface area (Å²) in [4.78, 5) is 21.7. The van der Waals surface area contributed by atoms with Crippen molar-refractivity contribution in [3.8, 4) is 11.8 Å². The predicted octanol–water partition coefficient (Wildman–Crippen LogP) is 3.86. The quantitative estimate of drug-likeness (QED) is 0.502. The molecule has 1 saturated heterocycles. The molecule has 0 radical (unpaired) electrons. The zero-order valence-electron chi connectivity index (χ0n) is 17.7. The van der Waals surface area contributed by atoms with Gasteiger partial charge in [0.1, 0.15) is 6.33 Å². The first-order valence-electron chi connectivity index (χ1n) is 10.7. The maximum atomic E-state index is 13.0. The first kappa shape index (κ1) is 20.0. The number of rotatable bonds is 4. The van der Waals surface area contributed by atoms with Crippen LogP contribution in [0.2, 0.25) is 0 Å². The van der Waals surface area contributed by atoms with Crippen LogP contribution in [-0.2, 0) is 6.54 Å². The fraction of sp³-hybridized carbons (Fsp3) is 0.192. The van der Waals surface area contributed by atoms with Crippen molar-refractivity contribution in [2.24, 2.45) is 0 Å². The van der Waals surface area contributed by atoms with Crippen molar-refractivity contribution in [3.63, 3.8) is 0 Å². The van der Waals surface area contributed by atoms with E-state index in [2.05, 4.69) is 16.0 Å². The number of carbonyl (C=O) groups is 1. The Balaban J connectivity index is 1.21. The number of fused-ring (bicyclic) bond motifs is 1. The molecule has 6 heteroatoms. The fourth-order valence-electron chi connectivity index (χ4n) is 4.16. The SMILES string of the molecule is N#Cc1ccc(CN2CCN(C(=O)c3ccc(-n4cnc5ccccc54)cc3)CC2)cc1. The van der Waals surface area contributed by atoms with Crippen molar-refractivity contribution >= 4 is 16.9 Å². The van der Waals surface area contributed by atoms with Crippen LogP contribution in [0.3, 0.4) is 0 Å². The second-order valence-corrected chi connectivity index (χ2v) is 8.03. The summed E-state index contributed by atoms with van der Waals surface area (Å²) >= 11 is 0. The van der Waals surface area contributed by atoms with Gasteiger partial charge >= 0.3 is 0 Å². The number of para-hydroxylation sites is 2. The van der Waals surface area contributed by atoms with E-state index in [0.29, 0.717) is 24.2 Å². The molecule has 32 heavy (non-hydrogen) atoms. The molecule has 5 rings (SSSR count). The molecule has 0 unspecified atom stereocenters. The van der Waals surface area contributed by atoms with E-state index < -0.39 is 0 Å². The second kappa shape index (κ2) is 8.66. The normalized spacial score (nSPS) is 14.4. The molecule has 0 aliphatic carbocycles. The third-order valence-electron chi connectivity index (χ3n) is 5.99. The van der Waals surface area contributed by atoms with Crippen LogP contribution in [0, 0.1) is 11.3 Å². The molecule has 1 fully saturated rings. The summed E-state index contributed by atoms with van der Waals surface area (Å²) in [5, 5.41) is 8.93. The Morgan fingerprint density at radius 2 is 1.62 bits per heavy atom. The van der Waals surface area contributed by atoms with Crippen LogP contribution in [-0.4, -0.2) is 51.4 Å². The van der Waals surface area contributed by atoms with Crippen LogP contribution in [0.5, 0.6) is 0 Å². The van der Waals surface area contributed by atoms with Gasteiger partial charge in [0.2, 0.25) is 0 Å². The highest BCUT2D eigenvalue weighted by Crippen LogP contribution is 2.19. The Hall–Kier alpha value is -3.95. The third kappa shape index (κ3) is 3.98. The molecule has 4 aromatic rings. The van der Waals surface area contributed by atoms with E-state index in [1.807, 2.05) is 88.6 Å². The molecule has 0 saturated carbocycles. The van der Waals surface area contributed by atoms with Crippen molar-refractivity contribution in [2.45, 2.75) is 6.54 Å². The molecule has 2 heterocycles.